The number of nitrogens with zero attached hydrogens (tertiary/aromatic N) is 1. The van der Waals surface area contributed by atoms with Gasteiger partial charge >= 0.3 is 5.97 Å². The zero-order valence-corrected chi connectivity index (χ0v) is 21.3. The number of nitrogens with two attached hydrogens (primary N) is 1. The Morgan fingerprint density at radius 2 is 1.84 bits per heavy atom. The number of carbonyl (C=O) groups excluding carboxylic acids is 1. The number of fused-ring (bicyclic) bond motifs is 1. The van der Waals surface area contributed by atoms with E-state index in [1.165, 1.54) is 0 Å². The first kappa shape index (κ1) is 26.4. The highest BCUT2D eigenvalue weighted by atomic mass is 16.5. The average Bonchev–Trinajstić information content (AvgIpc) is 2.93. The Balaban J connectivity index is 1.56. The lowest BCUT2D eigenvalue weighted by Gasteiger charge is -2.27. The highest BCUT2D eigenvalue weighted by molar-refractivity contribution is 5.91. The predicted octanol–water partition coefficient (Wildman–Crippen LogP) is 6.26. The number of unbranched alkanes of at least 4 members (excludes halogenated alkanes) is 2. The lowest BCUT2D eigenvalue weighted by molar-refractivity contribution is 0.0734. The topological polar surface area (TPSA) is 104 Å². The summed E-state index contributed by atoms with van der Waals surface area (Å²) in [6.07, 6.45) is 4.84. The van der Waals surface area contributed by atoms with Gasteiger partial charge in [0.25, 0.3) is 0 Å². The molecular weight excluding hydrogens is 480 g/mol. The Morgan fingerprint density at radius 3 is 2.58 bits per heavy atom. The Morgan fingerprint density at radius 1 is 1.05 bits per heavy atom. The van der Waals surface area contributed by atoms with E-state index in [0.717, 1.165) is 36.1 Å². The zero-order chi connectivity index (χ0) is 26.9. The van der Waals surface area contributed by atoms with Gasteiger partial charge in [-0.2, -0.15) is 5.26 Å². The maximum Gasteiger partial charge on any atom is 0.343 e. The van der Waals surface area contributed by atoms with Crippen LogP contribution in [0.15, 0.2) is 90.8 Å². The van der Waals surface area contributed by atoms with Gasteiger partial charge in [-0.25, -0.2) is 4.79 Å². The van der Waals surface area contributed by atoms with E-state index >= 15 is 0 Å². The number of hydrogen-bond donors (Lipinski definition) is 1. The van der Waals surface area contributed by atoms with Crippen molar-refractivity contribution in [2.45, 2.75) is 32.1 Å². The van der Waals surface area contributed by atoms with Crippen molar-refractivity contribution in [2.75, 3.05) is 13.2 Å². The van der Waals surface area contributed by atoms with Crippen molar-refractivity contribution in [1.82, 2.24) is 0 Å². The van der Waals surface area contributed by atoms with Crippen LogP contribution in [0.4, 0.5) is 0 Å². The summed E-state index contributed by atoms with van der Waals surface area (Å²) in [6.45, 7) is 6.77. The number of nitriles is 1. The molecule has 0 spiro atoms. The van der Waals surface area contributed by atoms with Crippen molar-refractivity contribution in [3.05, 3.63) is 108 Å². The molecule has 7 nitrogen and oxygen atoms in total. The summed E-state index contributed by atoms with van der Waals surface area (Å²) in [5.41, 5.74) is 8.42. The van der Waals surface area contributed by atoms with Gasteiger partial charge in [-0.05, 0) is 54.4 Å². The smallest absolute Gasteiger partial charge is 0.343 e. The molecule has 0 bridgehead atoms. The van der Waals surface area contributed by atoms with Crippen LogP contribution in [0.5, 0.6) is 23.0 Å². The number of benzene rings is 3. The van der Waals surface area contributed by atoms with Gasteiger partial charge in [-0.15, -0.1) is 0 Å². The molecule has 0 radical (unpaired) electrons. The number of hydrogen-bond acceptors (Lipinski definition) is 7. The number of rotatable bonds is 11. The summed E-state index contributed by atoms with van der Waals surface area (Å²) >= 11 is 0. The molecule has 194 valence electrons. The molecule has 0 aliphatic carbocycles. The predicted molar refractivity (Wildman–Crippen MR) is 144 cm³/mol. The lowest BCUT2D eigenvalue weighted by Crippen LogP contribution is -2.21. The van der Waals surface area contributed by atoms with Crippen LogP contribution in [0, 0.1) is 11.3 Å². The lowest BCUT2D eigenvalue weighted by atomic mass is 9.83. The molecule has 0 amide bonds. The second-order valence-electron chi connectivity index (χ2n) is 8.77. The summed E-state index contributed by atoms with van der Waals surface area (Å²) in [7, 11) is 0. The second-order valence-corrected chi connectivity index (χ2v) is 8.77. The van der Waals surface area contributed by atoms with Gasteiger partial charge in [-0.1, -0.05) is 50.6 Å². The minimum absolute atomic E-state index is 0.0119. The first-order chi connectivity index (χ1) is 18.5. The van der Waals surface area contributed by atoms with Crippen LogP contribution in [-0.2, 0) is 0 Å². The summed E-state index contributed by atoms with van der Waals surface area (Å²) in [5.74, 6) is 1.10. The van der Waals surface area contributed by atoms with Crippen molar-refractivity contribution in [3.63, 3.8) is 0 Å². The van der Waals surface area contributed by atoms with E-state index < -0.39 is 11.9 Å². The summed E-state index contributed by atoms with van der Waals surface area (Å²) in [4.78, 5) is 12.7. The van der Waals surface area contributed by atoms with E-state index in [9.17, 15) is 10.1 Å². The molecule has 4 rings (SSSR count). The van der Waals surface area contributed by atoms with Crippen molar-refractivity contribution in [1.29, 1.82) is 5.26 Å². The van der Waals surface area contributed by atoms with E-state index in [-0.39, 0.29) is 5.88 Å². The fourth-order valence-corrected chi connectivity index (χ4v) is 4.18. The number of allylic oxidation sites excluding steroid dienone is 1. The molecule has 0 fully saturated rings. The minimum atomic E-state index is -0.526. The monoisotopic (exact) mass is 510 g/mol. The van der Waals surface area contributed by atoms with Crippen LogP contribution >= 0.6 is 0 Å². The average molecular weight is 511 g/mol. The molecule has 1 heterocycles. The molecule has 1 aliphatic heterocycles. The van der Waals surface area contributed by atoms with Gasteiger partial charge in [-0.3, -0.25) is 0 Å². The van der Waals surface area contributed by atoms with E-state index in [1.54, 1.807) is 48.5 Å². The van der Waals surface area contributed by atoms with E-state index in [2.05, 4.69) is 19.6 Å². The molecule has 0 saturated carbocycles. The molecule has 3 aromatic rings. The molecule has 0 aromatic heterocycles. The first-order valence-electron chi connectivity index (χ1n) is 12.5. The Labute approximate surface area is 222 Å². The summed E-state index contributed by atoms with van der Waals surface area (Å²) in [5, 5.41) is 9.87. The highest BCUT2D eigenvalue weighted by Gasteiger charge is 2.31. The highest BCUT2D eigenvalue weighted by Crippen LogP contribution is 2.44. The fourth-order valence-electron chi connectivity index (χ4n) is 4.18. The van der Waals surface area contributed by atoms with Gasteiger partial charge in [0.2, 0.25) is 5.88 Å². The molecular formula is C31H30N2O5. The normalized spacial score (nSPS) is 14.1. The minimum Gasteiger partial charge on any atom is -0.494 e. The molecule has 2 N–H and O–H groups in total. The third-order valence-electron chi connectivity index (χ3n) is 6.07. The molecule has 1 unspecified atom stereocenters. The van der Waals surface area contributed by atoms with Gasteiger partial charge in [0.1, 0.15) is 41.2 Å². The Hall–Kier alpha value is -4.70. The molecule has 38 heavy (non-hydrogen) atoms. The standard InChI is InChI=1S/C31H30N2O5/c1-3-5-6-17-36-24-9-7-8-22(18-24)29-26-15-14-25(19-28(26)38-30(33)27(29)20-32)37-31(34)21-10-12-23(13-11-21)35-16-4-2/h4,7-15,18-19,29H,2-3,5-6,16-17,33H2,1H3. The van der Waals surface area contributed by atoms with Crippen LogP contribution in [-0.4, -0.2) is 19.2 Å². The van der Waals surface area contributed by atoms with Gasteiger partial charge < -0.3 is 24.7 Å². The van der Waals surface area contributed by atoms with E-state index in [1.807, 2.05) is 24.3 Å². The number of ether oxygens (including phenoxy) is 4. The van der Waals surface area contributed by atoms with E-state index in [0.29, 0.717) is 41.6 Å². The number of carbonyl (C=O) groups is 1. The van der Waals surface area contributed by atoms with Gasteiger partial charge in [0, 0.05) is 11.6 Å². The molecule has 1 aliphatic rings. The largest absolute Gasteiger partial charge is 0.494 e. The molecule has 3 aromatic carbocycles. The Kier molecular flexibility index (Phi) is 8.68. The summed E-state index contributed by atoms with van der Waals surface area (Å²) in [6, 6.07) is 21.6. The molecule has 1 atom stereocenters. The van der Waals surface area contributed by atoms with Crippen LogP contribution in [0.1, 0.15) is 53.6 Å². The fraction of sp³-hybridized carbons (Fsp3) is 0.226. The van der Waals surface area contributed by atoms with Crippen LogP contribution in [0.25, 0.3) is 0 Å². The second kappa shape index (κ2) is 12.5. The summed E-state index contributed by atoms with van der Waals surface area (Å²) < 4.78 is 22.7. The van der Waals surface area contributed by atoms with Crippen LogP contribution in [0.2, 0.25) is 0 Å². The molecule has 0 saturated heterocycles. The van der Waals surface area contributed by atoms with Crippen LogP contribution in [0.3, 0.4) is 0 Å². The Bertz CT molecular complexity index is 1370. The van der Waals surface area contributed by atoms with E-state index in [4.69, 9.17) is 24.7 Å². The number of esters is 1. The van der Waals surface area contributed by atoms with Crippen molar-refractivity contribution < 1.29 is 23.7 Å². The van der Waals surface area contributed by atoms with Crippen molar-refractivity contribution >= 4 is 5.97 Å². The van der Waals surface area contributed by atoms with Crippen molar-refractivity contribution in [2.24, 2.45) is 5.73 Å². The zero-order valence-electron chi connectivity index (χ0n) is 21.3. The van der Waals surface area contributed by atoms with Gasteiger partial charge in [0.15, 0.2) is 0 Å². The SMILES string of the molecule is C=CCOc1ccc(C(=O)Oc2ccc3c(c2)OC(N)=C(C#N)C3c2cccc(OCCCCC)c2)cc1. The maximum atomic E-state index is 12.7. The quantitative estimate of drug-likeness (QED) is 0.141. The maximum absolute atomic E-state index is 12.7. The third-order valence-corrected chi connectivity index (χ3v) is 6.07. The van der Waals surface area contributed by atoms with Crippen LogP contribution < -0.4 is 24.7 Å². The van der Waals surface area contributed by atoms with Crippen molar-refractivity contribution in [3.8, 4) is 29.1 Å². The molecule has 7 heteroatoms. The van der Waals surface area contributed by atoms with Gasteiger partial charge in [0.05, 0.1) is 18.1 Å². The first-order valence-corrected chi connectivity index (χ1v) is 12.5. The third kappa shape index (κ3) is 6.16.